The molecule has 1 atom stereocenters. The molecule has 1 aliphatic heterocycles. The lowest BCUT2D eigenvalue weighted by atomic mass is 10.0. The Morgan fingerprint density at radius 3 is 3.00 bits per heavy atom. The molecule has 92 valence electrons. The molecule has 4 heteroatoms. The molecule has 1 N–H and O–H groups in total. The Kier molecular flexibility index (Phi) is 3.61. The SMILES string of the molecule is CNc1cccc(C(=O)N2CCCCC2C)n1. The highest BCUT2D eigenvalue weighted by molar-refractivity contribution is 5.93. The fourth-order valence-electron chi connectivity index (χ4n) is 2.24. The van der Waals surface area contributed by atoms with Crippen molar-refractivity contribution in [3.8, 4) is 0 Å². The van der Waals surface area contributed by atoms with Gasteiger partial charge in [-0.3, -0.25) is 4.79 Å². The zero-order chi connectivity index (χ0) is 12.3. The number of carbonyl (C=O) groups excluding carboxylic acids is 1. The third-order valence-electron chi connectivity index (χ3n) is 3.29. The predicted molar refractivity (Wildman–Crippen MR) is 68.1 cm³/mol. The second-order valence-corrected chi connectivity index (χ2v) is 4.50. The number of likely N-dealkylation sites (tertiary alicyclic amines) is 1. The van der Waals surface area contributed by atoms with E-state index >= 15 is 0 Å². The van der Waals surface area contributed by atoms with Gasteiger partial charge in [-0.2, -0.15) is 0 Å². The van der Waals surface area contributed by atoms with Crippen LogP contribution in [0.15, 0.2) is 18.2 Å². The van der Waals surface area contributed by atoms with Gasteiger partial charge in [-0.05, 0) is 38.3 Å². The van der Waals surface area contributed by atoms with E-state index in [0.29, 0.717) is 11.7 Å². The highest BCUT2D eigenvalue weighted by atomic mass is 16.2. The standard InChI is InChI=1S/C13H19N3O/c1-10-6-3-4-9-16(10)13(17)11-7-5-8-12(14-2)15-11/h5,7-8,10H,3-4,6,9H2,1-2H3,(H,14,15). The normalized spacial score (nSPS) is 20.1. The first-order valence-corrected chi connectivity index (χ1v) is 6.18. The van der Waals surface area contributed by atoms with Crippen LogP contribution in [0.2, 0.25) is 0 Å². The molecule has 0 radical (unpaired) electrons. The molecule has 17 heavy (non-hydrogen) atoms. The Labute approximate surface area is 102 Å². The fraction of sp³-hybridized carbons (Fsp3) is 0.538. The van der Waals surface area contributed by atoms with Crippen molar-refractivity contribution in [2.75, 3.05) is 18.9 Å². The molecule has 0 aromatic carbocycles. The monoisotopic (exact) mass is 233 g/mol. The lowest BCUT2D eigenvalue weighted by Crippen LogP contribution is -2.42. The van der Waals surface area contributed by atoms with Gasteiger partial charge in [0.15, 0.2) is 0 Å². The van der Waals surface area contributed by atoms with E-state index in [-0.39, 0.29) is 5.91 Å². The molecule has 0 bridgehead atoms. The van der Waals surface area contributed by atoms with Crippen LogP contribution in [0, 0.1) is 0 Å². The number of pyridine rings is 1. The molecule has 1 saturated heterocycles. The Morgan fingerprint density at radius 2 is 2.29 bits per heavy atom. The summed E-state index contributed by atoms with van der Waals surface area (Å²) in [4.78, 5) is 18.5. The number of piperidine rings is 1. The molecule has 2 heterocycles. The van der Waals surface area contributed by atoms with Crippen LogP contribution < -0.4 is 5.32 Å². The smallest absolute Gasteiger partial charge is 0.272 e. The van der Waals surface area contributed by atoms with Gasteiger partial charge in [0, 0.05) is 19.6 Å². The van der Waals surface area contributed by atoms with Crippen LogP contribution in [-0.2, 0) is 0 Å². The Bertz CT molecular complexity index is 405. The third-order valence-corrected chi connectivity index (χ3v) is 3.29. The second kappa shape index (κ2) is 5.17. The number of hydrogen-bond acceptors (Lipinski definition) is 3. The molecule has 0 aliphatic carbocycles. The molecule has 1 fully saturated rings. The number of nitrogens with one attached hydrogen (secondary N) is 1. The van der Waals surface area contributed by atoms with E-state index < -0.39 is 0 Å². The Balaban J connectivity index is 2.17. The Hall–Kier alpha value is -1.58. The summed E-state index contributed by atoms with van der Waals surface area (Å²) in [5.74, 6) is 0.787. The summed E-state index contributed by atoms with van der Waals surface area (Å²) in [7, 11) is 1.81. The van der Waals surface area contributed by atoms with Gasteiger partial charge in [-0.1, -0.05) is 6.07 Å². The van der Waals surface area contributed by atoms with Crippen molar-refractivity contribution < 1.29 is 4.79 Å². The first kappa shape index (κ1) is 11.9. The molecule has 1 aliphatic rings. The van der Waals surface area contributed by atoms with E-state index in [4.69, 9.17) is 0 Å². The van der Waals surface area contributed by atoms with Gasteiger partial charge in [0.05, 0.1) is 0 Å². The average Bonchev–Trinajstić information content (AvgIpc) is 2.38. The van der Waals surface area contributed by atoms with Crippen LogP contribution in [0.25, 0.3) is 0 Å². The van der Waals surface area contributed by atoms with Gasteiger partial charge in [-0.25, -0.2) is 4.98 Å². The minimum absolute atomic E-state index is 0.0503. The first-order valence-electron chi connectivity index (χ1n) is 6.18. The molecule has 0 saturated carbocycles. The molecular weight excluding hydrogens is 214 g/mol. The number of amides is 1. The molecule has 4 nitrogen and oxygen atoms in total. The summed E-state index contributed by atoms with van der Waals surface area (Å²) in [6.45, 7) is 2.96. The number of rotatable bonds is 2. The summed E-state index contributed by atoms with van der Waals surface area (Å²) in [6, 6.07) is 5.83. The molecule has 0 spiro atoms. The molecular formula is C13H19N3O. The number of aromatic nitrogens is 1. The van der Waals surface area contributed by atoms with Crippen LogP contribution in [0.5, 0.6) is 0 Å². The highest BCUT2D eigenvalue weighted by Gasteiger charge is 2.24. The maximum absolute atomic E-state index is 12.3. The Morgan fingerprint density at radius 1 is 1.47 bits per heavy atom. The van der Waals surface area contributed by atoms with Crippen molar-refractivity contribution >= 4 is 11.7 Å². The minimum atomic E-state index is 0.0503. The fourth-order valence-corrected chi connectivity index (χ4v) is 2.24. The predicted octanol–water partition coefficient (Wildman–Crippen LogP) is 2.14. The average molecular weight is 233 g/mol. The summed E-state index contributed by atoms with van der Waals surface area (Å²) in [5.41, 5.74) is 0.533. The molecule has 1 unspecified atom stereocenters. The zero-order valence-electron chi connectivity index (χ0n) is 10.4. The number of nitrogens with zero attached hydrogens (tertiary/aromatic N) is 2. The van der Waals surface area contributed by atoms with Crippen molar-refractivity contribution in [3.05, 3.63) is 23.9 Å². The summed E-state index contributed by atoms with van der Waals surface area (Å²) in [6.07, 6.45) is 3.41. The van der Waals surface area contributed by atoms with E-state index in [1.807, 2.05) is 17.0 Å². The summed E-state index contributed by atoms with van der Waals surface area (Å²) < 4.78 is 0. The molecule has 2 rings (SSSR count). The lowest BCUT2D eigenvalue weighted by molar-refractivity contribution is 0.0629. The van der Waals surface area contributed by atoms with Crippen molar-refractivity contribution in [1.82, 2.24) is 9.88 Å². The summed E-state index contributed by atoms with van der Waals surface area (Å²) >= 11 is 0. The number of carbonyl (C=O) groups is 1. The van der Waals surface area contributed by atoms with Crippen molar-refractivity contribution in [2.45, 2.75) is 32.2 Å². The van der Waals surface area contributed by atoms with Gasteiger partial charge in [0.25, 0.3) is 5.91 Å². The van der Waals surface area contributed by atoms with Gasteiger partial charge in [-0.15, -0.1) is 0 Å². The van der Waals surface area contributed by atoms with Crippen molar-refractivity contribution in [1.29, 1.82) is 0 Å². The van der Waals surface area contributed by atoms with Crippen molar-refractivity contribution in [3.63, 3.8) is 0 Å². The molecule has 1 aromatic heterocycles. The zero-order valence-corrected chi connectivity index (χ0v) is 10.4. The van der Waals surface area contributed by atoms with Crippen LogP contribution in [-0.4, -0.2) is 35.4 Å². The van der Waals surface area contributed by atoms with Crippen LogP contribution in [0.1, 0.15) is 36.7 Å². The van der Waals surface area contributed by atoms with Crippen LogP contribution in [0.4, 0.5) is 5.82 Å². The molecule has 1 amide bonds. The van der Waals surface area contributed by atoms with Crippen LogP contribution >= 0.6 is 0 Å². The lowest BCUT2D eigenvalue weighted by Gasteiger charge is -2.33. The van der Waals surface area contributed by atoms with E-state index in [2.05, 4.69) is 17.2 Å². The minimum Gasteiger partial charge on any atom is -0.373 e. The first-order chi connectivity index (χ1) is 8.22. The maximum atomic E-state index is 12.3. The van der Waals surface area contributed by atoms with Crippen molar-refractivity contribution in [2.24, 2.45) is 0 Å². The highest BCUT2D eigenvalue weighted by Crippen LogP contribution is 2.19. The van der Waals surface area contributed by atoms with Crippen LogP contribution in [0.3, 0.4) is 0 Å². The van der Waals surface area contributed by atoms with E-state index in [0.717, 1.165) is 25.2 Å². The van der Waals surface area contributed by atoms with E-state index in [1.165, 1.54) is 6.42 Å². The van der Waals surface area contributed by atoms with Gasteiger partial charge in [0.2, 0.25) is 0 Å². The van der Waals surface area contributed by atoms with Gasteiger partial charge >= 0.3 is 0 Å². The molecule has 1 aromatic rings. The second-order valence-electron chi connectivity index (χ2n) is 4.50. The largest absolute Gasteiger partial charge is 0.373 e. The quantitative estimate of drug-likeness (QED) is 0.851. The maximum Gasteiger partial charge on any atom is 0.272 e. The van der Waals surface area contributed by atoms with Gasteiger partial charge < -0.3 is 10.2 Å². The van der Waals surface area contributed by atoms with Gasteiger partial charge in [0.1, 0.15) is 11.5 Å². The van der Waals surface area contributed by atoms with E-state index in [9.17, 15) is 4.79 Å². The number of anilines is 1. The third kappa shape index (κ3) is 2.57. The summed E-state index contributed by atoms with van der Waals surface area (Å²) in [5, 5.41) is 2.95. The van der Waals surface area contributed by atoms with E-state index in [1.54, 1.807) is 13.1 Å². The topological polar surface area (TPSA) is 45.2 Å². The number of hydrogen-bond donors (Lipinski definition) is 1.